The molecule has 1 aliphatic rings. The van der Waals surface area contributed by atoms with Crippen molar-refractivity contribution in [1.82, 2.24) is 15.6 Å². The molecule has 0 spiro atoms. The van der Waals surface area contributed by atoms with Crippen LogP contribution in [-0.2, 0) is 13.0 Å². The van der Waals surface area contributed by atoms with Crippen LogP contribution in [0.15, 0.2) is 60.7 Å². The summed E-state index contributed by atoms with van der Waals surface area (Å²) in [5, 5.41) is 7.52. The van der Waals surface area contributed by atoms with Crippen molar-refractivity contribution in [3.8, 4) is 22.8 Å². The minimum Gasteiger partial charge on any atom is -0.493 e. The number of fused-ring (bicyclic) bond motifs is 1. The van der Waals surface area contributed by atoms with Crippen LogP contribution in [0.4, 0.5) is 5.69 Å². The second kappa shape index (κ2) is 11.0. The van der Waals surface area contributed by atoms with E-state index in [1.54, 1.807) is 14.2 Å². The Labute approximate surface area is 217 Å². The molecule has 7 heteroatoms. The molecular formula is C30H34N4O3. The summed E-state index contributed by atoms with van der Waals surface area (Å²) in [5.41, 5.74) is 7.17. The van der Waals surface area contributed by atoms with Crippen LogP contribution in [0.25, 0.3) is 22.2 Å². The molecule has 4 aromatic rings. The number of H-pyrrole nitrogens is 1. The minimum absolute atomic E-state index is 0.0796. The van der Waals surface area contributed by atoms with Gasteiger partial charge in [-0.1, -0.05) is 19.1 Å². The maximum Gasteiger partial charge on any atom is 0.251 e. The van der Waals surface area contributed by atoms with E-state index in [9.17, 15) is 4.79 Å². The third-order valence-electron chi connectivity index (χ3n) is 7.07. The average molecular weight is 499 g/mol. The molecule has 0 unspecified atom stereocenters. The smallest absolute Gasteiger partial charge is 0.251 e. The van der Waals surface area contributed by atoms with Crippen LogP contribution in [0.3, 0.4) is 0 Å². The normalized spacial score (nSPS) is 13.5. The second-order valence-electron chi connectivity index (χ2n) is 9.25. The van der Waals surface area contributed by atoms with Gasteiger partial charge in [0, 0.05) is 66.1 Å². The summed E-state index contributed by atoms with van der Waals surface area (Å²) >= 11 is 0. The van der Waals surface area contributed by atoms with E-state index in [2.05, 4.69) is 51.7 Å². The number of piperazine rings is 1. The minimum atomic E-state index is -0.0796. The Balaban J connectivity index is 1.33. The van der Waals surface area contributed by atoms with E-state index in [0.29, 0.717) is 23.6 Å². The number of aryl methyl sites for hydroxylation is 1. The molecule has 1 aliphatic heterocycles. The van der Waals surface area contributed by atoms with E-state index in [1.165, 1.54) is 11.3 Å². The lowest BCUT2D eigenvalue weighted by molar-refractivity contribution is 0.0951. The van der Waals surface area contributed by atoms with E-state index in [0.717, 1.165) is 60.3 Å². The van der Waals surface area contributed by atoms with Gasteiger partial charge < -0.3 is 30.0 Å². The molecule has 0 saturated carbocycles. The van der Waals surface area contributed by atoms with Crippen molar-refractivity contribution in [2.75, 3.05) is 45.3 Å². The third-order valence-corrected chi connectivity index (χ3v) is 7.07. The number of nitrogens with zero attached hydrogens (tertiary/aromatic N) is 1. The van der Waals surface area contributed by atoms with Gasteiger partial charge in [0.1, 0.15) is 0 Å². The monoisotopic (exact) mass is 498 g/mol. The van der Waals surface area contributed by atoms with E-state index < -0.39 is 0 Å². The molecule has 2 heterocycles. The largest absolute Gasteiger partial charge is 0.493 e. The fraction of sp³-hybridized carbons (Fsp3) is 0.300. The van der Waals surface area contributed by atoms with E-state index in [1.807, 2.05) is 36.4 Å². The Morgan fingerprint density at radius 2 is 1.70 bits per heavy atom. The summed E-state index contributed by atoms with van der Waals surface area (Å²) in [6.07, 6.45) is 0.828. The first-order valence-corrected chi connectivity index (χ1v) is 12.8. The van der Waals surface area contributed by atoms with Gasteiger partial charge in [0.15, 0.2) is 11.5 Å². The van der Waals surface area contributed by atoms with E-state index >= 15 is 0 Å². The quantitative estimate of drug-likeness (QED) is 0.327. The van der Waals surface area contributed by atoms with Crippen molar-refractivity contribution < 1.29 is 14.3 Å². The highest BCUT2D eigenvalue weighted by Gasteiger charge is 2.16. The molecular weight excluding hydrogens is 464 g/mol. The van der Waals surface area contributed by atoms with Crippen LogP contribution in [0, 0.1) is 0 Å². The summed E-state index contributed by atoms with van der Waals surface area (Å²) in [6, 6.07) is 20.2. The first kappa shape index (κ1) is 24.7. The molecule has 0 aliphatic carbocycles. The zero-order chi connectivity index (χ0) is 25.8. The number of carbonyl (C=O) groups is 1. The molecule has 1 amide bonds. The van der Waals surface area contributed by atoms with Gasteiger partial charge in [-0.15, -0.1) is 0 Å². The molecule has 192 valence electrons. The molecule has 1 aromatic heterocycles. The Hall–Kier alpha value is -3.97. The highest BCUT2D eigenvalue weighted by molar-refractivity contribution is 6.00. The predicted octanol–water partition coefficient (Wildman–Crippen LogP) is 4.75. The zero-order valence-electron chi connectivity index (χ0n) is 21.7. The molecule has 37 heavy (non-hydrogen) atoms. The van der Waals surface area contributed by atoms with E-state index in [-0.39, 0.29) is 5.91 Å². The molecule has 0 radical (unpaired) electrons. The Bertz CT molecular complexity index is 1390. The summed E-state index contributed by atoms with van der Waals surface area (Å²) in [6.45, 7) is 6.68. The Morgan fingerprint density at radius 3 is 2.41 bits per heavy atom. The van der Waals surface area contributed by atoms with Crippen molar-refractivity contribution >= 4 is 22.5 Å². The number of ether oxygens (including phenoxy) is 2. The number of amides is 1. The Morgan fingerprint density at radius 1 is 0.946 bits per heavy atom. The van der Waals surface area contributed by atoms with Gasteiger partial charge in [-0.05, 0) is 66.1 Å². The summed E-state index contributed by atoms with van der Waals surface area (Å²) in [4.78, 5) is 19.0. The first-order valence-electron chi connectivity index (χ1n) is 12.8. The molecule has 3 N–H and O–H groups in total. The number of aromatic amines is 1. The number of nitrogens with one attached hydrogen (secondary N) is 3. The number of methoxy groups -OCH3 is 2. The molecule has 1 saturated heterocycles. The fourth-order valence-electron chi connectivity index (χ4n) is 5.03. The lowest BCUT2D eigenvalue weighted by Crippen LogP contribution is -2.43. The van der Waals surface area contributed by atoms with E-state index in [4.69, 9.17) is 9.47 Å². The molecule has 7 nitrogen and oxygen atoms in total. The number of aromatic nitrogens is 1. The molecule has 0 bridgehead atoms. The Kier molecular flexibility index (Phi) is 7.32. The van der Waals surface area contributed by atoms with Crippen LogP contribution in [0.2, 0.25) is 0 Å². The number of carbonyl (C=O) groups excluding carboxylic acids is 1. The van der Waals surface area contributed by atoms with Gasteiger partial charge in [-0.3, -0.25) is 4.79 Å². The maximum atomic E-state index is 13.0. The van der Waals surface area contributed by atoms with Crippen molar-refractivity contribution in [1.29, 1.82) is 0 Å². The molecule has 5 rings (SSSR count). The standard InChI is InChI=1S/C30H34N4O3/c1-4-24-25-17-22(7-11-26(25)33-29(24)21-8-12-27(36-2)28(18-21)37-3)30(35)32-19-20-5-9-23(10-6-20)34-15-13-31-14-16-34/h5-12,17-18,31,33H,4,13-16,19H2,1-3H3,(H,32,35). The van der Waals surface area contributed by atoms with Crippen molar-refractivity contribution in [3.63, 3.8) is 0 Å². The highest BCUT2D eigenvalue weighted by atomic mass is 16.5. The predicted molar refractivity (Wildman–Crippen MR) is 149 cm³/mol. The third kappa shape index (κ3) is 5.13. The van der Waals surface area contributed by atoms with Gasteiger partial charge in [-0.2, -0.15) is 0 Å². The maximum absolute atomic E-state index is 13.0. The van der Waals surface area contributed by atoms with Crippen LogP contribution < -0.4 is 25.0 Å². The van der Waals surface area contributed by atoms with Gasteiger partial charge in [0.25, 0.3) is 5.91 Å². The molecule has 1 fully saturated rings. The summed E-state index contributed by atoms with van der Waals surface area (Å²) in [5.74, 6) is 1.29. The number of hydrogen-bond acceptors (Lipinski definition) is 5. The molecule has 0 atom stereocenters. The lowest BCUT2D eigenvalue weighted by atomic mass is 10.0. The number of hydrogen-bond donors (Lipinski definition) is 3. The molecule has 3 aromatic carbocycles. The topological polar surface area (TPSA) is 78.6 Å². The van der Waals surface area contributed by atoms with Crippen molar-refractivity contribution in [2.45, 2.75) is 19.9 Å². The first-order chi connectivity index (χ1) is 18.1. The summed E-state index contributed by atoms with van der Waals surface area (Å²) < 4.78 is 10.9. The number of benzene rings is 3. The van der Waals surface area contributed by atoms with Crippen LogP contribution in [0.5, 0.6) is 11.5 Å². The van der Waals surface area contributed by atoms with Gasteiger partial charge >= 0.3 is 0 Å². The number of rotatable bonds is 8. The van der Waals surface area contributed by atoms with Crippen LogP contribution in [-0.4, -0.2) is 51.3 Å². The van der Waals surface area contributed by atoms with Crippen molar-refractivity contribution in [2.24, 2.45) is 0 Å². The second-order valence-corrected chi connectivity index (χ2v) is 9.25. The van der Waals surface area contributed by atoms with Crippen LogP contribution in [0.1, 0.15) is 28.4 Å². The fourth-order valence-corrected chi connectivity index (χ4v) is 5.03. The van der Waals surface area contributed by atoms with Gasteiger partial charge in [0.05, 0.1) is 14.2 Å². The number of anilines is 1. The van der Waals surface area contributed by atoms with Crippen molar-refractivity contribution in [3.05, 3.63) is 77.4 Å². The SMILES string of the molecule is CCc1c(-c2ccc(OC)c(OC)c2)[nH]c2ccc(C(=O)NCc3ccc(N4CCNCC4)cc3)cc12. The summed E-state index contributed by atoms with van der Waals surface area (Å²) in [7, 11) is 3.27. The lowest BCUT2D eigenvalue weighted by Gasteiger charge is -2.29. The zero-order valence-corrected chi connectivity index (χ0v) is 21.7. The van der Waals surface area contributed by atoms with Gasteiger partial charge in [-0.25, -0.2) is 0 Å². The average Bonchev–Trinajstić information content (AvgIpc) is 3.34. The highest BCUT2D eigenvalue weighted by Crippen LogP contribution is 2.36. The van der Waals surface area contributed by atoms with Crippen LogP contribution >= 0.6 is 0 Å². The van der Waals surface area contributed by atoms with Gasteiger partial charge in [0.2, 0.25) is 0 Å².